The van der Waals surface area contributed by atoms with Gasteiger partial charge < -0.3 is 15.0 Å². The molecule has 1 N–H and O–H groups in total. The third-order valence-corrected chi connectivity index (χ3v) is 4.75. The van der Waals surface area contributed by atoms with Gasteiger partial charge in [-0.3, -0.25) is 9.79 Å². The molecule has 2 rings (SSSR count). The fraction of sp³-hybridized carbons (Fsp3) is 0.882. The van der Waals surface area contributed by atoms with Crippen LogP contribution in [0.2, 0.25) is 0 Å². The van der Waals surface area contributed by atoms with E-state index in [1.165, 1.54) is 0 Å². The number of rotatable bonds is 4. The van der Waals surface area contributed by atoms with Crippen molar-refractivity contribution < 1.29 is 9.53 Å². The lowest BCUT2D eigenvalue weighted by atomic mass is 9.95. The van der Waals surface area contributed by atoms with Gasteiger partial charge in [0.1, 0.15) is 5.84 Å². The zero-order chi connectivity index (χ0) is 16.1. The van der Waals surface area contributed by atoms with Gasteiger partial charge in [-0.2, -0.15) is 0 Å². The van der Waals surface area contributed by atoms with E-state index in [0.29, 0.717) is 24.4 Å². The van der Waals surface area contributed by atoms with Gasteiger partial charge in [0.05, 0.1) is 6.04 Å². The highest BCUT2D eigenvalue weighted by Gasteiger charge is 2.38. The highest BCUT2D eigenvalue weighted by molar-refractivity contribution is 5.92. The number of amidine groups is 1. The monoisotopic (exact) mass is 309 g/mol. The van der Waals surface area contributed by atoms with Crippen molar-refractivity contribution in [3.05, 3.63) is 0 Å². The second kappa shape index (κ2) is 7.95. The minimum atomic E-state index is 0.120. The number of aliphatic imine (C=N–C) groups is 1. The molecule has 0 bridgehead atoms. The van der Waals surface area contributed by atoms with Gasteiger partial charge in [0.15, 0.2) is 0 Å². The lowest BCUT2D eigenvalue weighted by Gasteiger charge is -2.32. The molecule has 0 aromatic heterocycles. The molecule has 2 heterocycles. The van der Waals surface area contributed by atoms with E-state index in [0.717, 1.165) is 44.7 Å². The summed E-state index contributed by atoms with van der Waals surface area (Å²) in [6, 6.07) is 0.764. The van der Waals surface area contributed by atoms with Crippen molar-refractivity contribution in [3.63, 3.8) is 0 Å². The molecule has 2 atom stereocenters. The lowest BCUT2D eigenvalue weighted by molar-refractivity contribution is -0.134. The van der Waals surface area contributed by atoms with Crippen LogP contribution in [0, 0.1) is 5.92 Å². The van der Waals surface area contributed by atoms with Crippen molar-refractivity contribution in [1.82, 2.24) is 10.2 Å². The Morgan fingerprint density at radius 1 is 1.27 bits per heavy atom. The molecule has 2 fully saturated rings. The van der Waals surface area contributed by atoms with Gasteiger partial charge in [0, 0.05) is 38.8 Å². The largest absolute Gasteiger partial charge is 0.381 e. The van der Waals surface area contributed by atoms with Gasteiger partial charge in [0.2, 0.25) is 5.91 Å². The number of amides is 1. The van der Waals surface area contributed by atoms with Crippen LogP contribution in [0.1, 0.15) is 52.9 Å². The first-order valence-corrected chi connectivity index (χ1v) is 8.65. The Morgan fingerprint density at radius 2 is 1.95 bits per heavy atom. The van der Waals surface area contributed by atoms with E-state index < -0.39 is 0 Å². The van der Waals surface area contributed by atoms with Crippen LogP contribution in [-0.4, -0.2) is 55.0 Å². The van der Waals surface area contributed by atoms with Crippen LogP contribution in [0.5, 0.6) is 0 Å². The molecule has 0 radical (unpaired) electrons. The Hall–Kier alpha value is -1.10. The molecule has 0 aromatic rings. The minimum Gasteiger partial charge on any atom is -0.381 e. The maximum absolute atomic E-state index is 12.8. The highest BCUT2D eigenvalue weighted by Crippen LogP contribution is 2.28. The molecule has 22 heavy (non-hydrogen) atoms. The van der Waals surface area contributed by atoms with E-state index in [2.05, 4.69) is 36.0 Å². The molecule has 0 saturated carbocycles. The maximum atomic E-state index is 12.8. The normalized spacial score (nSPS) is 27.5. The minimum absolute atomic E-state index is 0.120. The van der Waals surface area contributed by atoms with Gasteiger partial charge in [-0.05, 0) is 52.4 Å². The quantitative estimate of drug-likeness (QED) is 0.640. The van der Waals surface area contributed by atoms with Crippen LogP contribution in [0.15, 0.2) is 4.99 Å². The molecule has 0 unspecified atom stereocenters. The molecular formula is C17H31N3O2. The standard InChI is InChI=1S/C17H31N3O2/c1-12(2)19-17(18-4)15-6-5-13(3)20(15)16(21)11-14-7-9-22-10-8-14/h12-15H,5-11H2,1-4H3,(H,18,19)/t13-,15-/m0/s1. The molecule has 126 valence electrons. The fourth-order valence-electron chi connectivity index (χ4n) is 3.58. The smallest absolute Gasteiger partial charge is 0.223 e. The van der Waals surface area contributed by atoms with Crippen molar-refractivity contribution in [2.24, 2.45) is 10.9 Å². The molecular weight excluding hydrogens is 278 g/mol. The van der Waals surface area contributed by atoms with Crippen molar-refractivity contribution in [1.29, 1.82) is 0 Å². The van der Waals surface area contributed by atoms with E-state index in [-0.39, 0.29) is 11.9 Å². The number of hydrogen-bond donors (Lipinski definition) is 1. The van der Waals surface area contributed by atoms with Crippen molar-refractivity contribution in [2.75, 3.05) is 20.3 Å². The van der Waals surface area contributed by atoms with Gasteiger partial charge >= 0.3 is 0 Å². The van der Waals surface area contributed by atoms with Crippen LogP contribution in [0.4, 0.5) is 0 Å². The summed E-state index contributed by atoms with van der Waals surface area (Å²) in [6.07, 6.45) is 4.74. The average Bonchev–Trinajstić information content (AvgIpc) is 2.87. The molecule has 0 aromatic carbocycles. The van der Waals surface area contributed by atoms with E-state index in [4.69, 9.17) is 4.74 Å². The third-order valence-electron chi connectivity index (χ3n) is 4.75. The van der Waals surface area contributed by atoms with Crippen LogP contribution in [-0.2, 0) is 9.53 Å². The number of nitrogens with one attached hydrogen (secondary N) is 1. The SMILES string of the molecule is CN=C(NC(C)C)[C@@H]1CC[C@H](C)N1C(=O)CC1CCOCC1. The average molecular weight is 309 g/mol. The van der Waals surface area contributed by atoms with Crippen molar-refractivity contribution >= 4 is 11.7 Å². The number of likely N-dealkylation sites (tertiary alicyclic amines) is 1. The first kappa shape index (κ1) is 17.3. The fourth-order valence-corrected chi connectivity index (χ4v) is 3.58. The molecule has 2 saturated heterocycles. The van der Waals surface area contributed by atoms with E-state index in [9.17, 15) is 4.79 Å². The van der Waals surface area contributed by atoms with Crippen LogP contribution in [0.25, 0.3) is 0 Å². The summed E-state index contributed by atoms with van der Waals surface area (Å²) in [6.45, 7) is 7.97. The topological polar surface area (TPSA) is 53.9 Å². The van der Waals surface area contributed by atoms with Crippen molar-refractivity contribution in [2.45, 2.75) is 71.0 Å². The summed E-state index contributed by atoms with van der Waals surface area (Å²) in [4.78, 5) is 19.3. The Morgan fingerprint density at radius 3 is 2.55 bits per heavy atom. The Labute approximate surface area is 134 Å². The number of ether oxygens (including phenoxy) is 1. The Bertz CT molecular complexity index is 403. The summed E-state index contributed by atoms with van der Waals surface area (Å²) < 4.78 is 5.39. The number of carbonyl (C=O) groups excluding carboxylic acids is 1. The highest BCUT2D eigenvalue weighted by atomic mass is 16.5. The maximum Gasteiger partial charge on any atom is 0.223 e. The third kappa shape index (κ3) is 4.22. The molecule has 0 spiro atoms. The first-order chi connectivity index (χ1) is 10.5. The molecule has 5 heteroatoms. The summed E-state index contributed by atoms with van der Waals surface area (Å²) in [7, 11) is 1.81. The zero-order valence-corrected chi connectivity index (χ0v) is 14.5. The van der Waals surface area contributed by atoms with Gasteiger partial charge in [-0.15, -0.1) is 0 Å². The van der Waals surface area contributed by atoms with E-state index in [1.54, 1.807) is 0 Å². The molecule has 2 aliphatic rings. The Kier molecular flexibility index (Phi) is 6.24. The summed E-state index contributed by atoms with van der Waals surface area (Å²) in [5.74, 6) is 1.73. The summed E-state index contributed by atoms with van der Waals surface area (Å²) in [5.41, 5.74) is 0. The van der Waals surface area contributed by atoms with Gasteiger partial charge in [-0.25, -0.2) is 0 Å². The number of hydrogen-bond acceptors (Lipinski definition) is 3. The first-order valence-electron chi connectivity index (χ1n) is 8.65. The zero-order valence-electron chi connectivity index (χ0n) is 14.5. The van der Waals surface area contributed by atoms with E-state index in [1.807, 2.05) is 7.05 Å². The van der Waals surface area contributed by atoms with Crippen LogP contribution in [0.3, 0.4) is 0 Å². The van der Waals surface area contributed by atoms with Gasteiger partial charge in [-0.1, -0.05) is 0 Å². The predicted molar refractivity (Wildman–Crippen MR) is 89.1 cm³/mol. The molecule has 2 aliphatic heterocycles. The van der Waals surface area contributed by atoms with E-state index >= 15 is 0 Å². The molecule has 5 nitrogen and oxygen atoms in total. The Balaban J connectivity index is 2.03. The summed E-state index contributed by atoms with van der Waals surface area (Å²) >= 11 is 0. The predicted octanol–water partition coefficient (Wildman–Crippen LogP) is 2.21. The second-order valence-electron chi connectivity index (χ2n) is 6.91. The lowest BCUT2D eigenvalue weighted by Crippen LogP contribution is -2.50. The van der Waals surface area contributed by atoms with Crippen molar-refractivity contribution in [3.8, 4) is 0 Å². The van der Waals surface area contributed by atoms with Crippen LogP contribution < -0.4 is 5.32 Å². The number of carbonyl (C=O) groups is 1. The number of nitrogens with zero attached hydrogens (tertiary/aromatic N) is 2. The molecule has 1 amide bonds. The van der Waals surface area contributed by atoms with Crippen LogP contribution >= 0.6 is 0 Å². The second-order valence-corrected chi connectivity index (χ2v) is 6.91. The van der Waals surface area contributed by atoms with Gasteiger partial charge in [0.25, 0.3) is 0 Å². The summed E-state index contributed by atoms with van der Waals surface area (Å²) in [5, 5.41) is 3.42. The molecule has 0 aliphatic carbocycles.